The number of carbonyl (C=O) groups excluding carboxylic acids is 1. The molecule has 2 aromatic carbocycles. The van der Waals surface area contributed by atoms with Crippen LogP contribution in [0.3, 0.4) is 0 Å². The molecule has 0 aromatic heterocycles. The number of aryl methyl sites for hydroxylation is 6. The van der Waals surface area contributed by atoms with Crippen molar-refractivity contribution >= 4 is 21.7 Å². The zero-order valence-corrected chi connectivity index (χ0v) is 15.8. The molecule has 0 heterocycles. The van der Waals surface area contributed by atoms with Crippen molar-refractivity contribution in [3.63, 3.8) is 0 Å². The van der Waals surface area contributed by atoms with Gasteiger partial charge in [-0.15, -0.1) is 0 Å². The predicted octanol–water partition coefficient (Wildman–Crippen LogP) is 5.86. The largest absolute Gasteiger partial charge is 0.293 e. The van der Waals surface area contributed by atoms with E-state index in [1.807, 2.05) is 13.8 Å². The lowest BCUT2D eigenvalue weighted by atomic mass is 9.90. The molecule has 0 saturated heterocycles. The van der Waals surface area contributed by atoms with Crippen LogP contribution in [-0.2, 0) is 0 Å². The minimum Gasteiger partial charge on any atom is -0.293 e. The fraction of sp³-hybridized carbons (Fsp3) is 0.350. The quantitative estimate of drug-likeness (QED) is 0.496. The van der Waals surface area contributed by atoms with Crippen LogP contribution >= 0.6 is 15.9 Å². The van der Waals surface area contributed by atoms with Crippen LogP contribution in [0.1, 0.15) is 54.1 Å². The molecule has 0 unspecified atom stereocenters. The van der Waals surface area contributed by atoms with E-state index in [1.54, 1.807) is 0 Å². The number of hydrogen-bond donors (Lipinski definition) is 0. The molecule has 2 heteroatoms. The van der Waals surface area contributed by atoms with Gasteiger partial charge < -0.3 is 0 Å². The van der Waals surface area contributed by atoms with Gasteiger partial charge >= 0.3 is 0 Å². The van der Waals surface area contributed by atoms with Crippen LogP contribution in [0.25, 0.3) is 0 Å². The second kappa shape index (κ2) is 6.37. The van der Waals surface area contributed by atoms with E-state index in [0.29, 0.717) is 0 Å². The number of halogens is 1. The zero-order chi connectivity index (χ0) is 16.6. The lowest BCUT2D eigenvalue weighted by Gasteiger charge is -2.19. The Bertz CT molecular complexity index is 697. The van der Waals surface area contributed by atoms with E-state index in [-0.39, 0.29) is 10.6 Å². The summed E-state index contributed by atoms with van der Waals surface area (Å²) in [5.74, 6) is 0.144. The van der Waals surface area contributed by atoms with Crippen molar-refractivity contribution in [2.45, 2.75) is 46.4 Å². The summed E-state index contributed by atoms with van der Waals surface area (Å²) in [5.41, 5.74) is 8.78. The highest BCUT2D eigenvalue weighted by Gasteiger charge is 2.25. The normalized spacial score (nSPS) is 12.3. The van der Waals surface area contributed by atoms with Gasteiger partial charge in [-0.3, -0.25) is 4.79 Å². The molecule has 1 atom stereocenters. The first-order valence-corrected chi connectivity index (χ1v) is 8.47. The van der Waals surface area contributed by atoms with Crippen LogP contribution in [-0.4, -0.2) is 5.78 Å². The number of ketones is 1. The van der Waals surface area contributed by atoms with E-state index in [1.165, 1.54) is 11.1 Å². The Hall–Kier alpha value is -1.41. The van der Waals surface area contributed by atoms with Crippen molar-refractivity contribution < 1.29 is 4.79 Å². The van der Waals surface area contributed by atoms with E-state index in [0.717, 1.165) is 33.4 Å². The van der Waals surface area contributed by atoms with Crippen molar-refractivity contribution in [3.8, 4) is 0 Å². The minimum absolute atomic E-state index is 0.144. The maximum atomic E-state index is 13.0. The maximum Gasteiger partial charge on any atom is 0.181 e. The van der Waals surface area contributed by atoms with Crippen LogP contribution in [0.5, 0.6) is 0 Å². The fourth-order valence-electron chi connectivity index (χ4n) is 3.42. The third kappa shape index (κ3) is 3.17. The van der Waals surface area contributed by atoms with E-state index >= 15 is 0 Å². The molecule has 0 radical (unpaired) electrons. The van der Waals surface area contributed by atoms with Gasteiger partial charge in [-0.05, 0) is 69.4 Å². The first-order chi connectivity index (χ1) is 10.2. The number of hydrogen-bond acceptors (Lipinski definition) is 1. The summed E-state index contributed by atoms with van der Waals surface area (Å²) in [5, 5.41) is 0. The van der Waals surface area contributed by atoms with Gasteiger partial charge in [-0.2, -0.15) is 0 Å². The number of benzene rings is 2. The van der Waals surface area contributed by atoms with Crippen LogP contribution < -0.4 is 0 Å². The van der Waals surface area contributed by atoms with Gasteiger partial charge in [0.05, 0.1) is 0 Å². The van der Waals surface area contributed by atoms with E-state index < -0.39 is 0 Å². The molecule has 116 valence electrons. The average Bonchev–Trinajstić information content (AvgIpc) is 2.35. The topological polar surface area (TPSA) is 17.1 Å². The molecule has 0 N–H and O–H groups in total. The summed E-state index contributed by atoms with van der Waals surface area (Å²) < 4.78 is 0. The molecule has 0 amide bonds. The summed E-state index contributed by atoms with van der Waals surface area (Å²) in [6, 6.07) is 8.43. The van der Waals surface area contributed by atoms with Gasteiger partial charge in [0, 0.05) is 5.56 Å². The molecule has 1 nitrogen and oxygen atoms in total. The molecular formula is C20H23BrO. The highest BCUT2D eigenvalue weighted by molar-refractivity contribution is 9.09. The number of alkyl halides is 1. The smallest absolute Gasteiger partial charge is 0.181 e. The lowest BCUT2D eigenvalue weighted by molar-refractivity contribution is 0.0990. The molecule has 0 aliphatic heterocycles. The Morgan fingerprint density at radius 3 is 1.55 bits per heavy atom. The van der Waals surface area contributed by atoms with Crippen LogP contribution in [0, 0.1) is 41.5 Å². The molecule has 0 saturated carbocycles. The van der Waals surface area contributed by atoms with Gasteiger partial charge in [-0.25, -0.2) is 0 Å². The van der Waals surface area contributed by atoms with E-state index in [2.05, 4.69) is 67.9 Å². The summed E-state index contributed by atoms with van der Waals surface area (Å²) in [6.45, 7) is 12.3. The second-order valence-electron chi connectivity index (χ2n) is 6.31. The Kier molecular flexibility index (Phi) is 4.91. The Morgan fingerprint density at radius 2 is 1.14 bits per heavy atom. The Balaban J connectivity index is 2.51. The Morgan fingerprint density at radius 1 is 0.773 bits per heavy atom. The van der Waals surface area contributed by atoms with Gasteiger partial charge in [0.15, 0.2) is 5.78 Å². The van der Waals surface area contributed by atoms with Crippen molar-refractivity contribution in [2.75, 3.05) is 0 Å². The summed E-state index contributed by atoms with van der Waals surface area (Å²) in [7, 11) is 0. The summed E-state index contributed by atoms with van der Waals surface area (Å²) in [6.07, 6.45) is 0. The summed E-state index contributed by atoms with van der Waals surface area (Å²) >= 11 is 3.65. The highest BCUT2D eigenvalue weighted by Crippen LogP contribution is 2.34. The second-order valence-corrected chi connectivity index (χ2v) is 7.23. The molecule has 0 bridgehead atoms. The third-order valence-corrected chi connectivity index (χ3v) is 5.02. The van der Waals surface area contributed by atoms with Crippen LogP contribution in [0.4, 0.5) is 0 Å². The summed E-state index contributed by atoms with van der Waals surface area (Å²) in [4.78, 5) is 12.7. The van der Waals surface area contributed by atoms with Gasteiger partial charge in [-0.1, -0.05) is 51.3 Å². The molecule has 2 rings (SSSR count). The minimum atomic E-state index is -0.298. The van der Waals surface area contributed by atoms with E-state index in [4.69, 9.17) is 0 Å². The number of Topliss-reactive ketones (excluding diaryl/α,β-unsaturated/α-hetero) is 1. The van der Waals surface area contributed by atoms with Crippen molar-refractivity contribution in [3.05, 3.63) is 68.8 Å². The first kappa shape index (κ1) is 17.0. The SMILES string of the molecule is Cc1cc(C)c(C(=O)[C@H](Br)c2c(C)cc(C)cc2C)c(C)c1. The lowest BCUT2D eigenvalue weighted by Crippen LogP contribution is -2.13. The zero-order valence-electron chi connectivity index (χ0n) is 14.2. The third-order valence-electron chi connectivity index (χ3n) is 4.15. The van der Waals surface area contributed by atoms with E-state index in [9.17, 15) is 4.79 Å². The monoisotopic (exact) mass is 358 g/mol. The molecule has 2 aromatic rings. The predicted molar refractivity (Wildman–Crippen MR) is 97.3 cm³/mol. The van der Waals surface area contributed by atoms with Gasteiger partial charge in [0.2, 0.25) is 0 Å². The molecule has 0 fully saturated rings. The molecule has 0 aliphatic rings. The molecule has 22 heavy (non-hydrogen) atoms. The maximum absolute atomic E-state index is 13.0. The molecular weight excluding hydrogens is 336 g/mol. The molecule has 0 aliphatic carbocycles. The highest BCUT2D eigenvalue weighted by atomic mass is 79.9. The Labute approximate surface area is 141 Å². The standard InChI is InChI=1S/C20H23BrO/c1-11-7-13(3)17(14(4)8-11)19(21)20(22)18-15(5)9-12(2)10-16(18)6/h7-10,19H,1-6H3/t19-/m1/s1. The average molecular weight is 359 g/mol. The molecule has 0 spiro atoms. The van der Waals surface area contributed by atoms with Crippen molar-refractivity contribution in [1.82, 2.24) is 0 Å². The first-order valence-electron chi connectivity index (χ1n) is 7.56. The van der Waals surface area contributed by atoms with Gasteiger partial charge in [0.1, 0.15) is 4.83 Å². The van der Waals surface area contributed by atoms with Crippen LogP contribution in [0.15, 0.2) is 24.3 Å². The van der Waals surface area contributed by atoms with Crippen molar-refractivity contribution in [2.24, 2.45) is 0 Å². The van der Waals surface area contributed by atoms with Crippen molar-refractivity contribution in [1.29, 1.82) is 0 Å². The fourth-order valence-corrected chi connectivity index (χ4v) is 4.37. The van der Waals surface area contributed by atoms with Crippen LogP contribution in [0.2, 0.25) is 0 Å². The number of carbonyl (C=O) groups is 1. The number of rotatable bonds is 3. The van der Waals surface area contributed by atoms with Gasteiger partial charge in [0.25, 0.3) is 0 Å².